The number of aromatic nitrogens is 2. The Kier molecular flexibility index (Phi) is 3.79. The van der Waals surface area contributed by atoms with Crippen molar-refractivity contribution in [3.63, 3.8) is 0 Å². The van der Waals surface area contributed by atoms with Gasteiger partial charge in [0.25, 0.3) is 5.56 Å². The zero-order valence-electron chi connectivity index (χ0n) is 11.1. The van der Waals surface area contributed by atoms with Crippen LogP contribution < -0.4 is 10.5 Å². The van der Waals surface area contributed by atoms with Gasteiger partial charge < -0.3 is 9.88 Å². The second kappa shape index (κ2) is 5.40. The number of hydrogen-bond donors (Lipinski definition) is 1. The van der Waals surface area contributed by atoms with E-state index < -0.39 is 0 Å². The van der Waals surface area contributed by atoms with Crippen molar-refractivity contribution in [1.82, 2.24) is 14.9 Å². The number of piperazine rings is 1. The SMILES string of the molecule is CC1CN2CCCCC2CN1c1nc[nH]c(=O)c1I. The van der Waals surface area contributed by atoms with Crippen molar-refractivity contribution >= 4 is 28.4 Å². The first kappa shape index (κ1) is 13.4. The molecule has 2 fully saturated rings. The number of aromatic amines is 1. The molecule has 2 aliphatic rings. The van der Waals surface area contributed by atoms with E-state index in [9.17, 15) is 4.79 Å². The van der Waals surface area contributed by atoms with E-state index in [4.69, 9.17) is 0 Å². The molecule has 3 rings (SSSR count). The van der Waals surface area contributed by atoms with Crippen LogP contribution in [0.5, 0.6) is 0 Å². The molecule has 1 aromatic heterocycles. The Balaban J connectivity index is 1.88. The minimum atomic E-state index is -0.0381. The number of hydrogen-bond acceptors (Lipinski definition) is 4. The minimum Gasteiger partial charge on any atom is -0.350 e. The highest BCUT2D eigenvalue weighted by molar-refractivity contribution is 14.1. The zero-order valence-corrected chi connectivity index (χ0v) is 13.3. The second-order valence-electron chi connectivity index (χ2n) is 5.52. The summed E-state index contributed by atoms with van der Waals surface area (Å²) in [4.78, 5) is 23.7. The third-order valence-electron chi connectivity index (χ3n) is 4.24. The van der Waals surface area contributed by atoms with E-state index in [1.54, 1.807) is 0 Å². The van der Waals surface area contributed by atoms with E-state index in [1.807, 2.05) is 0 Å². The summed E-state index contributed by atoms with van der Waals surface area (Å²) in [5.41, 5.74) is -0.0381. The third-order valence-corrected chi connectivity index (χ3v) is 5.21. The van der Waals surface area contributed by atoms with E-state index in [1.165, 1.54) is 32.1 Å². The number of nitrogens with zero attached hydrogens (tertiary/aromatic N) is 3. The summed E-state index contributed by atoms with van der Waals surface area (Å²) in [6.45, 7) is 5.52. The van der Waals surface area contributed by atoms with Gasteiger partial charge in [-0.3, -0.25) is 9.69 Å². The predicted molar refractivity (Wildman–Crippen MR) is 83.6 cm³/mol. The first-order chi connectivity index (χ1) is 9.16. The Labute approximate surface area is 126 Å². The first-order valence-corrected chi connectivity index (χ1v) is 7.98. The molecule has 1 aromatic rings. The molecule has 0 aliphatic carbocycles. The fourth-order valence-corrected chi connectivity index (χ4v) is 3.83. The average molecular weight is 374 g/mol. The molecule has 0 bridgehead atoms. The molecule has 2 unspecified atom stereocenters. The minimum absolute atomic E-state index is 0.0381. The highest BCUT2D eigenvalue weighted by Crippen LogP contribution is 2.28. The van der Waals surface area contributed by atoms with Crippen LogP contribution in [0.1, 0.15) is 26.2 Å². The van der Waals surface area contributed by atoms with Crippen LogP contribution in [0.25, 0.3) is 0 Å². The van der Waals surface area contributed by atoms with Crippen LogP contribution in [-0.4, -0.2) is 46.6 Å². The second-order valence-corrected chi connectivity index (χ2v) is 6.59. The summed E-state index contributed by atoms with van der Waals surface area (Å²) >= 11 is 2.10. The highest BCUT2D eigenvalue weighted by atomic mass is 127. The molecule has 3 heterocycles. The van der Waals surface area contributed by atoms with Gasteiger partial charge in [0.15, 0.2) is 0 Å². The number of rotatable bonds is 1. The molecule has 0 aromatic carbocycles. The van der Waals surface area contributed by atoms with Crippen LogP contribution in [0.4, 0.5) is 5.82 Å². The maximum atomic E-state index is 11.7. The molecular formula is C13H19IN4O. The fourth-order valence-electron chi connectivity index (χ4n) is 3.22. The van der Waals surface area contributed by atoms with Gasteiger partial charge in [0.1, 0.15) is 9.39 Å². The van der Waals surface area contributed by atoms with Crippen molar-refractivity contribution in [3.05, 3.63) is 20.3 Å². The van der Waals surface area contributed by atoms with E-state index in [2.05, 4.69) is 49.3 Å². The number of nitrogens with one attached hydrogen (secondary N) is 1. The predicted octanol–water partition coefficient (Wildman–Crippen LogP) is 1.44. The van der Waals surface area contributed by atoms with Gasteiger partial charge in [-0.25, -0.2) is 4.98 Å². The molecule has 104 valence electrons. The van der Waals surface area contributed by atoms with Crippen molar-refractivity contribution in [1.29, 1.82) is 0 Å². The van der Waals surface area contributed by atoms with E-state index in [-0.39, 0.29) is 5.56 Å². The number of fused-ring (bicyclic) bond motifs is 1. The molecule has 0 spiro atoms. The molecule has 2 aliphatic heterocycles. The Morgan fingerprint density at radius 3 is 3.11 bits per heavy atom. The molecule has 1 N–H and O–H groups in total. The molecule has 0 saturated carbocycles. The van der Waals surface area contributed by atoms with Gasteiger partial charge in [0.05, 0.1) is 6.33 Å². The highest BCUT2D eigenvalue weighted by Gasteiger charge is 2.34. The lowest BCUT2D eigenvalue weighted by Crippen LogP contribution is -2.59. The topological polar surface area (TPSA) is 52.2 Å². The average Bonchev–Trinajstić information content (AvgIpc) is 2.41. The van der Waals surface area contributed by atoms with E-state index in [0.717, 1.165) is 18.9 Å². The zero-order chi connectivity index (χ0) is 13.4. The van der Waals surface area contributed by atoms with E-state index in [0.29, 0.717) is 15.7 Å². The summed E-state index contributed by atoms with van der Waals surface area (Å²) in [6, 6.07) is 1.04. The Morgan fingerprint density at radius 1 is 1.42 bits per heavy atom. The van der Waals surface area contributed by atoms with Crippen LogP contribution >= 0.6 is 22.6 Å². The number of halogens is 1. The number of H-pyrrole nitrogens is 1. The van der Waals surface area contributed by atoms with Crippen molar-refractivity contribution < 1.29 is 0 Å². The number of anilines is 1. The van der Waals surface area contributed by atoms with Crippen molar-refractivity contribution in [2.75, 3.05) is 24.5 Å². The summed E-state index contributed by atoms with van der Waals surface area (Å²) < 4.78 is 0.705. The van der Waals surface area contributed by atoms with Gasteiger partial charge >= 0.3 is 0 Å². The van der Waals surface area contributed by atoms with Gasteiger partial charge in [-0.15, -0.1) is 0 Å². The summed E-state index contributed by atoms with van der Waals surface area (Å²) in [5, 5.41) is 0. The lowest BCUT2D eigenvalue weighted by molar-refractivity contribution is 0.115. The van der Waals surface area contributed by atoms with Crippen LogP contribution in [-0.2, 0) is 0 Å². The van der Waals surface area contributed by atoms with E-state index >= 15 is 0 Å². The van der Waals surface area contributed by atoms with Gasteiger partial charge in [-0.1, -0.05) is 6.42 Å². The van der Waals surface area contributed by atoms with Crippen molar-refractivity contribution in [2.45, 2.75) is 38.3 Å². The van der Waals surface area contributed by atoms with Crippen molar-refractivity contribution in [3.8, 4) is 0 Å². The standard InChI is InChI=1S/C13H19IN4O/c1-9-6-17-5-3-2-4-10(17)7-18(9)12-11(14)13(19)16-8-15-12/h8-10H,2-7H2,1H3,(H,15,16,19). The number of piperidine rings is 1. The Morgan fingerprint density at radius 2 is 2.26 bits per heavy atom. The fraction of sp³-hybridized carbons (Fsp3) is 0.692. The maximum Gasteiger partial charge on any atom is 0.266 e. The third kappa shape index (κ3) is 2.52. The first-order valence-electron chi connectivity index (χ1n) is 6.90. The molecule has 2 saturated heterocycles. The van der Waals surface area contributed by atoms with Gasteiger partial charge in [-0.2, -0.15) is 0 Å². The normalized spacial score (nSPS) is 28.2. The molecule has 0 radical (unpaired) electrons. The van der Waals surface area contributed by atoms with Crippen LogP contribution in [0.2, 0.25) is 0 Å². The maximum absolute atomic E-state index is 11.7. The summed E-state index contributed by atoms with van der Waals surface area (Å²) in [5.74, 6) is 0.849. The van der Waals surface area contributed by atoms with Crippen LogP contribution in [0.15, 0.2) is 11.1 Å². The van der Waals surface area contributed by atoms with Crippen LogP contribution in [0.3, 0.4) is 0 Å². The smallest absolute Gasteiger partial charge is 0.266 e. The largest absolute Gasteiger partial charge is 0.350 e. The van der Waals surface area contributed by atoms with Gasteiger partial charge in [0.2, 0.25) is 0 Å². The summed E-state index contributed by atoms with van der Waals surface area (Å²) in [6.07, 6.45) is 5.43. The lowest BCUT2D eigenvalue weighted by Gasteiger charge is -2.48. The Bertz CT molecular complexity index is 518. The molecule has 2 atom stereocenters. The Hall–Kier alpha value is -0.630. The monoisotopic (exact) mass is 374 g/mol. The van der Waals surface area contributed by atoms with Crippen molar-refractivity contribution in [2.24, 2.45) is 0 Å². The summed E-state index contributed by atoms with van der Waals surface area (Å²) in [7, 11) is 0. The lowest BCUT2D eigenvalue weighted by atomic mass is 9.97. The van der Waals surface area contributed by atoms with Gasteiger partial charge in [-0.05, 0) is 48.9 Å². The molecule has 5 nitrogen and oxygen atoms in total. The van der Waals surface area contributed by atoms with Crippen LogP contribution in [0, 0.1) is 3.57 Å². The molecule has 0 amide bonds. The molecule has 19 heavy (non-hydrogen) atoms. The molecule has 6 heteroatoms. The quantitative estimate of drug-likeness (QED) is 0.756. The van der Waals surface area contributed by atoms with Gasteiger partial charge in [0, 0.05) is 25.2 Å². The molecular weight excluding hydrogens is 355 g/mol.